The van der Waals surface area contributed by atoms with Gasteiger partial charge in [-0.25, -0.2) is 0 Å². The molecule has 4 atom stereocenters. The topological polar surface area (TPSA) is 66.6 Å². The van der Waals surface area contributed by atoms with E-state index in [0.29, 0.717) is 0 Å². The molecule has 2 rings (SSSR count). The number of benzene rings is 2. The molecule has 0 radical (unpaired) electrons. The van der Waals surface area contributed by atoms with Crippen LogP contribution in [-0.2, 0) is 0 Å². The average Bonchev–Trinajstić information content (AvgIpc) is 2.73. The van der Waals surface area contributed by atoms with Gasteiger partial charge < -0.3 is 10.0 Å². The van der Waals surface area contributed by atoms with Crippen molar-refractivity contribution in [2.75, 3.05) is 25.6 Å². The van der Waals surface area contributed by atoms with Crippen LogP contribution in [0.25, 0.3) is 0 Å². The zero-order valence-electron chi connectivity index (χ0n) is 19.7. The van der Waals surface area contributed by atoms with E-state index in [0.717, 1.165) is 21.3 Å². The van der Waals surface area contributed by atoms with Crippen molar-refractivity contribution in [3.63, 3.8) is 0 Å². The minimum Gasteiger partial charge on any atom is -0.396 e. The van der Waals surface area contributed by atoms with Crippen molar-refractivity contribution in [2.45, 2.75) is 44.4 Å². The lowest BCUT2D eigenvalue weighted by Crippen LogP contribution is -2.38. The Kier molecular flexibility index (Phi) is 9.08. The van der Waals surface area contributed by atoms with Crippen molar-refractivity contribution in [3.05, 3.63) is 74.2 Å². The Bertz CT molecular complexity index is 960. The van der Waals surface area contributed by atoms with Gasteiger partial charge in [0, 0.05) is 35.8 Å². The van der Waals surface area contributed by atoms with Crippen LogP contribution < -0.4 is 4.90 Å². The SMILES string of the molecule is C[C@@H](CO)[C@@H](c1ccc(Br)cc1)[C@H](C(C#C[Si](C)(C)C)c1ccc(N(C)C)cc1)[N+](=O)[O-]. The fourth-order valence-electron chi connectivity index (χ4n) is 3.76. The third-order valence-corrected chi connectivity index (χ3v) is 6.90. The summed E-state index contributed by atoms with van der Waals surface area (Å²) >= 11 is 3.44. The summed E-state index contributed by atoms with van der Waals surface area (Å²) in [6.45, 7) is 8.13. The highest BCUT2D eigenvalue weighted by Crippen LogP contribution is 2.38. The van der Waals surface area contributed by atoms with Gasteiger partial charge in [-0.3, -0.25) is 10.1 Å². The van der Waals surface area contributed by atoms with E-state index < -0.39 is 26.0 Å². The number of nitro groups is 1. The van der Waals surface area contributed by atoms with Gasteiger partial charge >= 0.3 is 0 Å². The number of rotatable bonds is 8. The number of anilines is 1. The Morgan fingerprint density at radius 2 is 1.59 bits per heavy atom. The molecule has 0 fully saturated rings. The van der Waals surface area contributed by atoms with Crippen LogP contribution in [0.3, 0.4) is 0 Å². The second-order valence-corrected chi connectivity index (χ2v) is 15.2. The summed E-state index contributed by atoms with van der Waals surface area (Å²) in [6.07, 6.45) is 0. The smallest absolute Gasteiger partial charge is 0.237 e. The number of halogens is 1. The molecule has 2 aromatic rings. The van der Waals surface area contributed by atoms with Crippen LogP contribution in [0.1, 0.15) is 29.9 Å². The van der Waals surface area contributed by atoms with E-state index in [1.807, 2.05) is 74.4 Å². The van der Waals surface area contributed by atoms with Crippen LogP contribution in [0.2, 0.25) is 19.6 Å². The molecule has 0 amide bonds. The molecule has 0 aliphatic rings. The van der Waals surface area contributed by atoms with E-state index in [4.69, 9.17) is 0 Å². The largest absolute Gasteiger partial charge is 0.396 e. The van der Waals surface area contributed by atoms with Gasteiger partial charge in [-0.15, -0.1) is 5.54 Å². The Hall–Kier alpha value is -2.14. The Morgan fingerprint density at radius 1 is 1.06 bits per heavy atom. The number of nitrogens with zero attached hydrogens (tertiary/aromatic N) is 2. The van der Waals surface area contributed by atoms with Crippen LogP contribution in [0, 0.1) is 27.5 Å². The first-order valence-electron chi connectivity index (χ1n) is 10.7. The summed E-state index contributed by atoms with van der Waals surface area (Å²) in [6, 6.07) is 14.4. The molecule has 0 spiro atoms. The van der Waals surface area contributed by atoms with Gasteiger partial charge in [0.25, 0.3) is 0 Å². The van der Waals surface area contributed by atoms with Gasteiger partial charge in [-0.2, -0.15) is 0 Å². The first-order chi connectivity index (χ1) is 14.9. The monoisotopic (exact) mass is 516 g/mol. The van der Waals surface area contributed by atoms with Crippen molar-refractivity contribution in [1.29, 1.82) is 0 Å². The van der Waals surface area contributed by atoms with Crippen LogP contribution >= 0.6 is 15.9 Å². The molecule has 0 aliphatic heterocycles. The zero-order chi connectivity index (χ0) is 24.1. The molecule has 2 aromatic carbocycles. The standard InChI is InChI=1S/C25H33BrN2O3Si/c1-18(17-29)24(20-7-11-21(26)12-8-20)25(28(30)31)23(15-16-32(4,5)6)19-9-13-22(14-10-19)27(2)3/h7-14,18,23-25,29H,17H2,1-6H3/t18-,23?,24-,25-/m0/s1. The molecule has 0 aliphatic carbocycles. The van der Waals surface area contributed by atoms with E-state index >= 15 is 0 Å². The Morgan fingerprint density at radius 3 is 2.03 bits per heavy atom. The number of hydrogen-bond donors (Lipinski definition) is 1. The molecular formula is C25H33BrN2O3Si. The van der Waals surface area contributed by atoms with E-state index in [2.05, 4.69) is 47.0 Å². The molecule has 1 N–H and O–H groups in total. The summed E-state index contributed by atoms with van der Waals surface area (Å²) in [7, 11) is 2.16. The van der Waals surface area contributed by atoms with E-state index in [-0.39, 0.29) is 17.4 Å². The van der Waals surface area contributed by atoms with Crippen molar-refractivity contribution in [3.8, 4) is 11.5 Å². The van der Waals surface area contributed by atoms with Crippen molar-refractivity contribution in [1.82, 2.24) is 0 Å². The summed E-state index contributed by atoms with van der Waals surface area (Å²) in [5.74, 6) is 1.93. The van der Waals surface area contributed by atoms with Crippen molar-refractivity contribution < 1.29 is 10.0 Å². The van der Waals surface area contributed by atoms with Crippen LogP contribution in [0.15, 0.2) is 53.0 Å². The average molecular weight is 518 g/mol. The molecule has 172 valence electrons. The summed E-state index contributed by atoms with van der Waals surface area (Å²) in [5, 5.41) is 22.6. The summed E-state index contributed by atoms with van der Waals surface area (Å²) < 4.78 is 0.906. The second-order valence-electron chi connectivity index (χ2n) is 9.50. The minimum absolute atomic E-state index is 0.140. The molecule has 5 nitrogen and oxygen atoms in total. The van der Waals surface area contributed by atoms with Crippen molar-refractivity contribution >= 4 is 29.7 Å². The predicted octanol–water partition coefficient (Wildman–Crippen LogP) is 5.54. The molecule has 32 heavy (non-hydrogen) atoms. The lowest BCUT2D eigenvalue weighted by Gasteiger charge is -2.29. The number of hydrogen-bond acceptors (Lipinski definition) is 4. The van der Waals surface area contributed by atoms with Crippen LogP contribution in [-0.4, -0.2) is 44.8 Å². The molecule has 0 bridgehead atoms. The quantitative estimate of drug-likeness (QED) is 0.216. The lowest BCUT2D eigenvalue weighted by molar-refractivity contribution is -0.530. The predicted molar refractivity (Wildman–Crippen MR) is 139 cm³/mol. The van der Waals surface area contributed by atoms with Gasteiger partial charge in [-0.1, -0.05) is 72.7 Å². The fraction of sp³-hybridized carbons (Fsp3) is 0.440. The highest BCUT2D eigenvalue weighted by Gasteiger charge is 2.43. The third kappa shape index (κ3) is 6.93. The Balaban J connectivity index is 2.68. The lowest BCUT2D eigenvalue weighted by atomic mass is 9.75. The Labute approximate surface area is 201 Å². The fourth-order valence-corrected chi connectivity index (χ4v) is 4.61. The third-order valence-electron chi connectivity index (χ3n) is 5.48. The van der Waals surface area contributed by atoms with E-state index in [1.54, 1.807) is 0 Å². The zero-order valence-corrected chi connectivity index (χ0v) is 22.3. The molecule has 0 heterocycles. The summed E-state index contributed by atoms with van der Waals surface area (Å²) in [4.78, 5) is 14.4. The first-order valence-corrected chi connectivity index (χ1v) is 15.0. The highest BCUT2D eigenvalue weighted by molar-refractivity contribution is 9.10. The van der Waals surface area contributed by atoms with Gasteiger partial charge in [0.05, 0.1) is 5.92 Å². The van der Waals surface area contributed by atoms with Gasteiger partial charge in [0.2, 0.25) is 6.04 Å². The van der Waals surface area contributed by atoms with E-state index in [9.17, 15) is 15.2 Å². The maximum Gasteiger partial charge on any atom is 0.237 e. The molecule has 1 unspecified atom stereocenters. The number of aliphatic hydroxyl groups excluding tert-OH is 1. The van der Waals surface area contributed by atoms with E-state index in [1.165, 1.54) is 0 Å². The number of aliphatic hydroxyl groups is 1. The normalized spacial score (nSPS) is 15.1. The van der Waals surface area contributed by atoms with Crippen LogP contribution in [0.4, 0.5) is 5.69 Å². The molecule has 0 saturated heterocycles. The van der Waals surface area contributed by atoms with Gasteiger partial charge in [0.1, 0.15) is 14.0 Å². The maximum atomic E-state index is 12.6. The van der Waals surface area contributed by atoms with Gasteiger partial charge in [0.15, 0.2) is 0 Å². The van der Waals surface area contributed by atoms with Gasteiger partial charge in [-0.05, 0) is 41.3 Å². The molecule has 0 saturated carbocycles. The minimum atomic E-state index is -1.77. The molecular weight excluding hydrogens is 484 g/mol. The maximum absolute atomic E-state index is 12.6. The highest BCUT2D eigenvalue weighted by atomic mass is 79.9. The molecule has 0 aromatic heterocycles. The first kappa shape index (κ1) is 26.1. The summed E-state index contributed by atoms with van der Waals surface area (Å²) in [5.41, 5.74) is 6.06. The van der Waals surface area contributed by atoms with Crippen LogP contribution in [0.5, 0.6) is 0 Å². The second kappa shape index (κ2) is 11.1. The van der Waals surface area contributed by atoms with Crippen molar-refractivity contribution in [2.24, 2.45) is 5.92 Å². The molecule has 7 heteroatoms.